The van der Waals surface area contributed by atoms with Crippen molar-refractivity contribution in [3.8, 4) is 0 Å². The van der Waals surface area contributed by atoms with Crippen LogP contribution in [0.25, 0.3) is 0 Å². The van der Waals surface area contributed by atoms with Crippen LogP contribution >= 0.6 is 11.3 Å². The minimum Gasteiger partial charge on any atom is -0.353 e. The number of alkyl halides is 3. The summed E-state index contributed by atoms with van der Waals surface area (Å²) in [5, 5.41) is 2.99. The molecule has 4 rings (SSSR count). The molecule has 1 aromatic heterocycles. The molecule has 10 nitrogen and oxygen atoms in total. The summed E-state index contributed by atoms with van der Waals surface area (Å²) < 4.78 is 90.9. The Morgan fingerprint density at radius 3 is 2.18 bits per heavy atom. The van der Waals surface area contributed by atoms with Gasteiger partial charge in [-0.25, -0.2) is 21.8 Å². The zero-order chi connectivity index (χ0) is 28.6. The lowest BCUT2D eigenvalue weighted by Crippen LogP contribution is -2.48. The van der Waals surface area contributed by atoms with Crippen LogP contribution in [0.2, 0.25) is 0 Å². The SMILES string of the molecule is CN(c1ccccc1C(=O)Nc1ccc(S(=O)(=O)N2CCN(c3csc(C(F)(F)F)n3)CC2)cc1)S(C)(=O)=O. The molecule has 2 aromatic carbocycles. The number of para-hydroxylation sites is 1. The second-order valence-electron chi connectivity index (χ2n) is 8.63. The van der Waals surface area contributed by atoms with Crippen molar-refractivity contribution >= 4 is 54.5 Å². The number of benzene rings is 2. The van der Waals surface area contributed by atoms with Gasteiger partial charge in [-0.15, -0.1) is 11.3 Å². The molecule has 0 bridgehead atoms. The fourth-order valence-electron chi connectivity index (χ4n) is 3.87. The summed E-state index contributed by atoms with van der Waals surface area (Å²) in [5.74, 6) is -0.419. The summed E-state index contributed by atoms with van der Waals surface area (Å²) in [4.78, 5) is 18.1. The molecule has 1 N–H and O–H groups in total. The van der Waals surface area contributed by atoms with Gasteiger partial charge in [0.15, 0.2) is 5.01 Å². The lowest BCUT2D eigenvalue weighted by Gasteiger charge is -2.34. The standard InChI is InChI=1S/C23H24F3N5O5S3/c1-29(38(2,33)34)19-6-4-3-5-18(19)21(32)27-16-7-9-17(10-8-16)39(35,36)31-13-11-30(12-14-31)20-15-37-22(28-20)23(24,25)26/h3-10,15H,11-14H2,1-2H3,(H,27,32). The van der Waals surface area contributed by atoms with Crippen LogP contribution in [0.15, 0.2) is 58.8 Å². The number of thiazole rings is 1. The van der Waals surface area contributed by atoms with Crippen LogP contribution in [-0.2, 0) is 26.2 Å². The lowest BCUT2D eigenvalue weighted by molar-refractivity contribution is -0.137. The molecule has 0 atom stereocenters. The fourth-order valence-corrected chi connectivity index (χ4v) is 6.51. The molecule has 0 spiro atoms. The number of aromatic nitrogens is 1. The summed E-state index contributed by atoms with van der Waals surface area (Å²) in [6.45, 7) is 0.472. The normalized spacial score (nSPS) is 15.3. The number of hydrogen-bond donors (Lipinski definition) is 1. The van der Waals surface area contributed by atoms with E-state index in [4.69, 9.17) is 0 Å². The number of carbonyl (C=O) groups excluding carboxylic acids is 1. The Labute approximate surface area is 227 Å². The maximum absolute atomic E-state index is 13.1. The van der Waals surface area contributed by atoms with Gasteiger partial charge in [0.2, 0.25) is 20.0 Å². The summed E-state index contributed by atoms with van der Waals surface area (Å²) >= 11 is 0.492. The summed E-state index contributed by atoms with van der Waals surface area (Å²) in [6.07, 6.45) is -3.51. The minimum atomic E-state index is -4.53. The van der Waals surface area contributed by atoms with Gasteiger partial charge in [0.1, 0.15) is 5.82 Å². The van der Waals surface area contributed by atoms with Gasteiger partial charge >= 0.3 is 6.18 Å². The summed E-state index contributed by atoms with van der Waals surface area (Å²) in [5.41, 5.74) is 0.593. The van der Waals surface area contributed by atoms with Crippen molar-refractivity contribution in [3.05, 3.63) is 64.5 Å². The fraction of sp³-hybridized carbons (Fsp3) is 0.304. The first-order valence-electron chi connectivity index (χ1n) is 11.4. The number of halogens is 3. The van der Waals surface area contributed by atoms with Crippen molar-refractivity contribution in [2.24, 2.45) is 0 Å². The Balaban J connectivity index is 1.42. The van der Waals surface area contributed by atoms with E-state index in [9.17, 15) is 34.8 Å². The number of anilines is 3. The average molecular weight is 604 g/mol. The van der Waals surface area contributed by atoms with Crippen molar-refractivity contribution in [1.82, 2.24) is 9.29 Å². The highest BCUT2D eigenvalue weighted by molar-refractivity contribution is 7.92. The third kappa shape index (κ3) is 6.34. The molecule has 1 aliphatic heterocycles. The molecule has 16 heteroatoms. The van der Waals surface area contributed by atoms with Crippen molar-refractivity contribution < 1.29 is 34.8 Å². The van der Waals surface area contributed by atoms with Gasteiger partial charge < -0.3 is 10.2 Å². The Kier molecular flexibility index (Phi) is 7.93. The number of amides is 1. The van der Waals surface area contributed by atoms with Gasteiger partial charge in [-0.3, -0.25) is 9.10 Å². The van der Waals surface area contributed by atoms with Crippen LogP contribution in [0.5, 0.6) is 0 Å². The van der Waals surface area contributed by atoms with E-state index in [2.05, 4.69) is 10.3 Å². The molecule has 210 valence electrons. The highest BCUT2D eigenvalue weighted by atomic mass is 32.2. The lowest BCUT2D eigenvalue weighted by atomic mass is 10.1. The van der Waals surface area contributed by atoms with E-state index >= 15 is 0 Å². The number of rotatable bonds is 7. The molecule has 2 heterocycles. The zero-order valence-electron chi connectivity index (χ0n) is 20.7. The van der Waals surface area contributed by atoms with E-state index in [1.54, 1.807) is 17.0 Å². The van der Waals surface area contributed by atoms with E-state index in [0.29, 0.717) is 17.0 Å². The molecule has 39 heavy (non-hydrogen) atoms. The molecule has 0 radical (unpaired) electrons. The first-order chi connectivity index (χ1) is 18.2. The number of piperazine rings is 1. The molecule has 1 saturated heterocycles. The third-order valence-electron chi connectivity index (χ3n) is 6.03. The average Bonchev–Trinajstić information content (AvgIpc) is 3.39. The van der Waals surface area contributed by atoms with Crippen LogP contribution in [0, 0.1) is 0 Å². The molecule has 0 saturated carbocycles. The molecule has 0 aliphatic carbocycles. The van der Waals surface area contributed by atoms with Crippen LogP contribution < -0.4 is 14.5 Å². The molecular formula is C23H24F3N5O5S3. The maximum atomic E-state index is 13.1. The summed E-state index contributed by atoms with van der Waals surface area (Å²) in [7, 11) is -6.17. The largest absolute Gasteiger partial charge is 0.443 e. The van der Waals surface area contributed by atoms with Crippen LogP contribution in [0.4, 0.5) is 30.4 Å². The maximum Gasteiger partial charge on any atom is 0.443 e. The predicted octanol–water partition coefficient (Wildman–Crippen LogP) is 3.32. The molecule has 0 unspecified atom stereocenters. The van der Waals surface area contributed by atoms with Crippen LogP contribution in [0.3, 0.4) is 0 Å². The zero-order valence-corrected chi connectivity index (χ0v) is 23.2. The number of nitrogens with one attached hydrogen (secondary N) is 1. The van der Waals surface area contributed by atoms with Gasteiger partial charge in [-0.1, -0.05) is 12.1 Å². The molecular weight excluding hydrogens is 579 g/mol. The Bertz CT molecular complexity index is 1570. The number of nitrogens with zero attached hydrogens (tertiary/aromatic N) is 4. The van der Waals surface area contributed by atoms with E-state index in [1.807, 2.05) is 0 Å². The van der Waals surface area contributed by atoms with E-state index in [1.165, 1.54) is 53.1 Å². The Morgan fingerprint density at radius 1 is 1.00 bits per heavy atom. The van der Waals surface area contributed by atoms with Crippen LogP contribution in [-0.4, -0.2) is 71.5 Å². The van der Waals surface area contributed by atoms with Gasteiger partial charge in [0.05, 0.1) is 22.4 Å². The minimum absolute atomic E-state index is 0.0147. The van der Waals surface area contributed by atoms with Crippen molar-refractivity contribution in [1.29, 1.82) is 0 Å². The van der Waals surface area contributed by atoms with E-state index in [-0.39, 0.29) is 48.1 Å². The van der Waals surface area contributed by atoms with Crippen molar-refractivity contribution in [2.45, 2.75) is 11.1 Å². The van der Waals surface area contributed by atoms with Crippen molar-refractivity contribution in [2.75, 3.05) is 54.0 Å². The Morgan fingerprint density at radius 2 is 1.62 bits per heavy atom. The topological polar surface area (TPSA) is 120 Å². The van der Waals surface area contributed by atoms with E-state index < -0.39 is 37.1 Å². The highest BCUT2D eigenvalue weighted by Crippen LogP contribution is 2.34. The first kappa shape index (κ1) is 28.8. The van der Waals surface area contributed by atoms with Crippen LogP contribution in [0.1, 0.15) is 15.4 Å². The molecule has 1 aliphatic rings. The number of sulfonamides is 2. The highest BCUT2D eigenvalue weighted by Gasteiger charge is 2.36. The summed E-state index contributed by atoms with van der Waals surface area (Å²) in [6, 6.07) is 11.7. The predicted molar refractivity (Wildman–Crippen MR) is 142 cm³/mol. The second-order valence-corrected chi connectivity index (χ2v) is 13.4. The molecule has 1 fully saturated rings. The van der Waals surface area contributed by atoms with Gasteiger partial charge in [-0.2, -0.15) is 17.5 Å². The quantitative estimate of drug-likeness (QED) is 0.440. The van der Waals surface area contributed by atoms with E-state index in [0.717, 1.165) is 10.6 Å². The van der Waals surface area contributed by atoms with Crippen molar-refractivity contribution in [3.63, 3.8) is 0 Å². The number of hydrogen-bond acceptors (Lipinski definition) is 8. The Hall–Kier alpha value is -3.21. The molecule has 1 amide bonds. The van der Waals surface area contributed by atoms with Gasteiger partial charge in [0, 0.05) is 44.3 Å². The smallest absolute Gasteiger partial charge is 0.353 e. The first-order valence-corrected chi connectivity index (χ1v) is 15.6. The number of carbonyl (C=O) groups is 1. The molecule has 3 aromatic rings. The third-order valence-corrected chi connectivity index (χ3v) is 10.0. The second kappa shape index (κ2) is 10.7. The monoisotopic (exact) mass is 603 g/mol. The van der Waals surface area contributed by atoms with Gasteiger partial charge in [-0.05, 0) is 36.4 Å². The van der Waals surface area contributed by atoms with Gasteiger partial charge in [0.25, 0.3) is 5.91 Å².